The summed E-state index contributed by atoms with van der Waals surface area (Å²) < 4.78 is 0. The van der Waals surface area contributed by atoms with Crippen LogP contribution >= 0.6 is 34.5 Å². The van der Waals surface area contributed by atoms with Gasteiger partial charge in [0, 0.05) is 16.2 Å². The summed E-state index contributed by atoms with van der Waals surface area (Å²) in [5.41, 5.74) is 6.76. The minimum Gasteiger partial charge on any atom is -0.280 e. The third kappa shape index (κ3) is 3.81. The van der Waals surface area contributed by atoms with Crippen molar-refractivity contribution in [2.24, 2.45) is 0 Å². The summed E-state index contributed by atoms with van der Waals surface area (Å²) in [5, 5.41) is 8.89. The van der Waals surface area contributed by atoms with Gasteiger partial charge in [0.25, 0.3) is 5.91 Å². The van der Waals surface area contributed by atoms with Gasteiger partial charge in [0.05, 0.1) is 10.6 Å². The molecule has 24 heavy (non-hydrogen) atoms. The zero-order valence-corrected chi connectivity index (χ0v) is 14.7. The van der Waals surface area contributed by atoms with Crippen molar-refractivity contribution in [2.75, 3.05) is 5.43 Å². The molecule has 0 fully saturated rings. The molecular formula is C15H11Cl2N5OS. The van der Waals surface area contributed by atoms with Crippen molar-refractivity contribution >= 4 is 46.3 Å². The largest absolute Gasteiger partial charge is 0.298 e. The fraction of sp³-hybridized carbons (Fsp3) is 0.0667. The van der Waals surface area contributed by atoms with E-state index in [1.807, 2.05) is 6.92 Å². The van der Waals surface area contributed by atoms with E-state index in [-0.39, 0.29) is 5.91 Å². The molecule has 0 saturated heterocycles. The van der Waals surface area contributed by atoms with Crippen LogP contribution in [0.15, 0.2) is 36.5 Å². The monoisotopic (exact) mass is 379 g/mol. The van der Waals surface area contributed by atoms with Crippen molar-refractivity contribution in [2.45, 2.75) is 6.92 Å². The number of nitrogens with one attached hydrogen (secondary N) is 2. The van der Waals surface area contributed by atoms with Crippen molar-refractivity contribution in [3.63, 3.8) is 0 Å². The van der Waals surface area contributed by atoms with Crippen LogP contribution in [0.5, 0.6) is 0 Å². The predicted molar refractivity (Wildman–Crippen MR) is 95.4 cm³/mol. The lowest BCUT2D eigenvalue weighted by atomic mass is 10.2. The summed E-state index contributed by atoms with van der Waals surface area (Å²) in [5.74, 6) is 0.0640. The third-order valence-corrected chi connectivity index (χ3v) is 4.63. The minimum absolute atomic E-state index is 0.315. The molecule has 0 radical (unpaired) electrons. The quantitative estimate of drug-likeness (QED) is 0.670. The van der Waals surface area contributed by atoms with Crippen LogP contribution in [-0.4, -0.2) is 21.1 Å². The van der Waals surface area contributed by atoms with Crippen molar-refractivity contribution in [1.29, 1.82) is 0 Å². The van der Waals surface area contributed by atoms with E-state index in [0.717, 1.165) is 16.1 Å². The molecule has 6 nitrogen and oxygen atoms in total. The molecule has 3 aromatic rings. The Labute approximate surface area is 151 Å². The van der Waals surface area contributed by atoms with E-state index in [1.165, 1.54) is 11.3 Å². The number of aromatic nitrogens is 3. The fourth-order valence-electron chi connectivity index (χ4n) is 1.99. The highest BCUT2D eigenvalue weighted by Gasteiger charge is 2.16. The molecule has 0 saturated carbocycles. The number of aryl methyl sites for hydroxylation is 1. The zero-order valence-electron chi connectivity index (χ0n) is 12.4. The molecule has 0 atom stereocenters. The Morgan fingerprint density at radius 2 is 1.96 bits per heavy atom. The van der Waals surface area contributed by atoms with Gasteiger partial charge in [-0.2, -0.15) is 5.10 Å². The lowest BCUT2D eigenvalue weighted by Gasteiger charge is -2.04. The van der Waals surface area contributed by atoms with Crippen molar-refractivity contribution < 1.29 is 4.79 Å². The second kappa shape index (κ2) is 7.12. The Morgan fingerprint density at radius 1 is 1.21 bits per heavy atom. The lowest BCUT2D eigenvalue weighted by molar-refractivity contribution is 0.0962. The van der Waals surface area contributed by atoms with Crippen LogP contribution in [0.3, 0.4) is 0 Å². The normalized spacial score (nSPS) is 10.5. The van der Waals surface area contributed by atoms with Gasteiger partial charge >= 0.3 is 0 Å². The van der Waals surface area contributed by atoms with E-state index in [9.17, 15) is 4.79 Å². The highest BCUT2D eigenvalue weighted by atomic mass is 35.5. The zero-order chi connectivity index (χ0) is 17.1. The van der Waals surface area contributed by atoms with Gasteiger partial charge in [-0.1, -0.05) is 23.2 Å². The molecule has 1 amide bonds. The highest BCUT2D eigenvalue weighted by molar-refractivity contribution is 7.17. The number of rotatable bonds is 4. The molecule has 0 unspecified atom stereocenters. The molecular weight excluding hydrogens is 369 g/mol. The molecule has 9 heteroatoms. The van der Waals surface area contributed by atoms with Gasteiger partial charge in [0.2, 0.25) is 0 Å². The second-order valence-corrected chi connectivity index (χ2v) is 6.65. The second-order valence-electron chi connectivity index (χ2n) is 4.78. The van der Waals surface area contributed by atoms with Crippen LogP contribution in [0.1, 0.15) is 15.5 Å². The van der Waals surface area contributed by atoms with Crippen molar-refractivity contribution in [3.05, 3.63) is 57.3 Å². The molecule has 2 heterocycles. The van der Waals surface area contributed by atoms with Gasteiger partial charge in [-0.15, -0.1) is 16.4 Å². The average molecular weight is 380 g/mol. The first-order valence-electron chi connectivity index (χ1n) is 6.81. The molecule has 3 rings (SSSR count). The van der Waals surface area contributed by atoms with Gasteiger partial charge in [0.1, 0.15) is 0 Å². The van der Waals surface area contributed by atoms with Gasteiger partial charge in [-0.25, -0.2) is 4.98 Å². The summed E-state index contributed by atoms with van der Waals surface area (Å²) in [7, 11) is 0. The Kier molecular flexibility index (Phi) is 4.94. The van der Waals surface area contributed by atoms with E-state index >= 15 is 0 Å². The summed E-state index contributed by atoms with van der Waals surface area (Å²) >= 11 is 13.3. The maximum Gasteiger partial charge on any atom is 0.298 e. The molecule has 0 bridgehead atoms. The molecule has 0 spiro atoms. The number of amides is 1. The van der Waals surface area contributed by atoms with Crippen molar-refractivity contribution in [1.82, 2.24) is 20.6 Å². The molecule has 2 aromatic heterocycles. The molecule has 1 aromatic carbocycles. The van der Waals surface area contributed by atoms with Crippen LogP contribution in [0.25, 0.3) is 10.4 Å². The summed E-state index contributed by atoms with van der Waals surface area (Å²) in [4.78, 5) is 17.4. The summed E-state index contributed by atoms with van der Waals surface area (Å²) in [6.45, 7) is 1.83. The number of hydrazine groups is 1. The number of halogens is 2. The molecule has 0 aliphatic rings. The number of hydrogen-bond acceptors (Lipinski definition) is 6. The maximum atomic E-state index is 12.2. The van der Waals surface area contributed by atoms with Gasteiger partial charge in [-0.3, -0.25) is 15.6 Å². The first-order valence-corrected chi connectivity index (χ1v) is 8.38. The Balaban J connectivity index is 1.79. The maximum absolute atomic E-state index is 12.2. The Bertz CT molecular complexity index is 865. The standard InChI is InChI=1S/C15H11Cl2N5OS/c1-8-13(9-5-10(16)7-11(17)6-9)24-15(19-8)14(23)22-21-12-3-2-4-18-20-12/h2-7H,1H3,(H,20,21)(H,22,23). The van der Waals surface area contributed by atoms with Crippen LogP contribution in [0.4, 0.5) is 5.82 Å². The van der Waals surface area contributed by atoms with E-state index in [4.69, 9.17) is 23.2 Å². The van der Waals surface area contributed by atoms with Crippen LogP contribution < -0.4 is 10.9 Å². The van der Waals surface area contributed by atoms with Crippen LogP contribution in [0.2, 0.25) is 10.0 Å². The Morgan fingerprint density at radius 3 is 2.62 bits per heavy atom. The highest BCUT2D eigenvalue weighted by Crippen LogP contribution is 2.33. The number of benzene rings is 1. The third-order valence-electron chi connectivity index (χ3n) is 2.99. The van der Waals surface area contributed by atoms with Crippen molar-refractivity contribution in [3.8, 4) is 10.4 Å². The minimum atomic E-state index is -0.367. The summed E-state index contributed by atoms with van der Waals surface area (Å²) in [6, 6.07) is 8.61. The van der Waals surface area contributed by atoms with Crippen LogP contribution in [-0.2, 0) is 0 Å². The number of anilines is 1. The van der Waals surface area contributed by atoms with E-state index in [1.54, 1.807) is 36.5 Å². The SMILES string of the molecule is Cc1nc(C(=O)NNc2cccnn2)sc1-c1cc(Cl)cc(Cl)c1. The van der Waals surface area contributed by atoms with Gasteiger partial charge < -0.3 is 0 Å². The number of hydrogen-bond donors (Lipinski definition) is 2. The summed E-state index contributed by atoms with van der Waals surface area (Å²) in [6.07, 6.45) is 1.54. The van der Waals surface area contributed by atoms with E-state index in [2.05, 4.69) is 26.0 Å². The first kappa shape index (κ1) is 16.6. The predicted octanol–water partition coefficient (Wildman–Crippen LogP) is 3.97. The number of nitrogens with zero attached hydrogens (tertiary/aromatic N) is 3. The van der Waals surface area contributed by atoms with Crippen LogP contribution in [0, 0.1) is 6.92 Å². The molecule has 0 aliphatic carbocycles. The van der Waals surface area contributed by atoms with E-state index in [0.29, 0.717) is 20.9 Å². The molecule has 2 N–H and O–H groups in total. The number of carbonyl (C=O) groups excluding carboxylic acids is 1. The lowest BCUT2D eigenvalue weighted by Crippen LogP contribution is -2.29. The molecule has 122 valence electrons. The average Bonchev–Trinajstić information content (AvgIpc) is 2.95. The molecule has 0 aliphatic heterocycles. The smallest absolute Gasteiger partial charge is 0.280 e. The number of carbonyl (C=O) groups is 1. The van der Waals surface area contributed by atoms with Gasteiger partial charge in [0.15, 0.2) is 10.8 Å². The fourth-order valence-corrected chi connectivity index (χ4v) is 3.46. The first-order chi connectivity index (χ1) is 11.5. The van der Waals surface area contributed by atoms with Gasteiger partial charge in [-0.05, 0) is 42.8 Å². The number of thiazole rings is 1. The topological polar surface area (TPSA) is 79.8 Å². The van der Waals surface area contributed by atoms with E-state index < -0.39 is 0 Å². The Hall–Kier alpha value is -2.22.